The van der Waals surface area contributed by atoms with Crippen molar-refractivity contribution in [3.05, 3.63) is 47.1 Å². The number of aliphatic hydroxyl groups excluding tert-OH is 1. The second-order valence-electron chi connectivity index (χ2n) is 11.0. The molecule has 204 valence electrons. The Hall–Kier alpha value is -2.19. The second kappa shape index (κ2) is 11.7. The van der Waals surface area contributed by atoms with Crippen LogP contribution in [0.5, 0.6) is 5.75 Å². The molecule has 0 aromatic heterocycles. The Morgan fingerprint density at radius 1 is 1.27 bits per heavy atom. The van der Waals surface area contributed by atoms with Crippen LogP contribution in [0, 0.1) is 12.8 Å². The number of hydrogen-bond acceptors (Lipinski definition) is 7. The standard InChI is InChI=1S/C30H42O7/c1-20(2)8-12-25-29(4,37-25)28-27(33-5)24(14-15-30(28)19-35-30)36-26(32)13-10-22-9-11-23(21(3)18-22)34-17-7-6-16-31/h8-11,13,18,24-25,27-28,31H,6-7,12,14-17,19H2,1-5H3/b13-10+/t24-,25+,27-,28-,29-,30+/m1/s1. The van der Waals surface area contributed by atoms with Crippen molar-refractivity contribution in [3.8, 4) is 5.75 Å². The number of methoxy groups -OCH3 is 1. The molecule has 37 heavy (non-hydrogen) atoms. The molecule has 2 aliphatic heterocycles. The number of ether oxygens (including phenoxy) is 5. The van der Waals surface area contributed by atoms with E-state index in [-0.39, 0.29) is 48.0 Å². The molecule has 6 atom stereocenters. The van der Waals surface area contributed by atoms with Gasteiger partial charge in [-0.2, -0.15) is 0 Å². The predicted octanol–water partition coefficient (Wildman–Crippen LogP) is 4.78. The summed E-state index contributed by atoms with van der Waals surface area (Å²) in [6, 6.07) is 5.80. The maximum atomic E-state index is 12.8. The maximum Gasteiger partial charge on any atom is 0.331 e. The summed E-state index contributed by atoms with van der Waals surface area (Å²) in [7, 11) is 1.68. The molecule has 7 heteroatoms. The molecule has 1 aromatic rings. The molecule has 3 fully saturated rings. The SMILES string of the molecule is CO[C@@H]1[C@H](OC(=O)/C=C/c2ccc(OCCCCO)c(C)c2)CC[C@]2(CO2)[C@H]1[C@]1(C)O[C@H]1CC=C(C)C. The molecule has 2 heterocycles. The Kier molecular flexibility index (Phi) is 8.79. The van der Waals surface area contributed by atoms with Gasteiger partial charge in [0.15, 0.2) is 0 Å². The molecule has 1 saturated carbocycles. The number of aliphatic hydroxyl groups is 1. The number of esters is 1. The first-order valence-electron chi connectivity index (χ1n) is 13.4. The average Bonchev–Trinajstić information content (AvgIpc) is 3.78. The Balaban J connectivity index is 1.37. The maximum absolute atomic E-state index is 12.8. The van der Waals surface area contributed by atoms with E-state index < -0.39 is 0 Å². The number of benzene rings is 1. The van der Waals surface area contributed by atoms with Crippen molar-refractivity contribution in [1.29, 1.82) is 0 Å². The number of aryl methyl sites for hydroxylation is 1. The molecule has 1 aromatic carbocycles. The third kappa shape index (κ3) is 6.45. The van der Waals surface area contributed by atoms with Crippen LogP contribution in [0.2, 0.25) is 0 Å². The minimum Gasteiger partial charge on any atom is -0.493 e. The third-order valence-corrected chi connectivity index (χ3v) is 7.93. The molecule has 0 amide bonds. The highest BCUT2D eigenvalue weighted by Gasteiger charge is 2.72. The van der Waals surface area contributed by atoms with Gasteiger partial charge in [-0.25, -0.2) is 4.79 Å². The van der Waals surface area contributed by atoms with E-state index in [1.165, 1.54) is 11.6 Å². The first-order valence-corrected chi connectivity index (χ1v) is 13.4. The second-order valence-corrected chi connectivity index (χ2v) is 11.0. The van der Waals surface area contributed by atoms with Crippen LogP contribution in [0.15, 0.2) is 35.9 Å². The van der Waals surface area contributed by atoms with Gasteiger partial charge in [0, 0.05) is 19.8 Å². The van der Waals surface area contributed by atoms with Crippen molar-refractivity contribution >= 4 is 12.0 Å². The van der Waals surface area contributed by atoms with Crippen LogP contribution < -0.4 is 4.74 Å². The van der Waals surface area contributed by atoms with Crippen LogP contribution in [0.25, 0.3) is 6.08 Å². The monoisotopic (exact) mass is 514 g/mol. The summed E-state index contributed by atoms with van der Waals surface area (Å²) in [5.74, 6) is 0.427. The van der Waals surface area contributed by atoms with Crippen LogP contribution in [0.3, 0.4) is 0 Å². The molecular weight excluding hydrogens is 472 g/mol. The Bertz CT molecular complexity index is 1010. The van der Waals surface area contributed by atoms with Gasteiger partial charge in [0.1, 0.15) is 29.2 Å². The number of hydrogen-bond donors (Lipinski definition) is 1. The molecule has 3 aliphatic rings. The van der Waals surface area contributed by atoms with Gasteiger partial charge in [-0.3, -0.25) is 0 Å². The highest BCUT2D eigenvalue weighted by Crippen LogP contribution is 2.59. The Labute approximate surface area is 220 Å². The van der Waals surface area contributed by atoms with Crippen LogP contribution in [0.4, 0.5) is 0 Å². The van der Waals surface area contributed by atoms with E-state index in [0.29, 0.717) is 19.6 Å². The molecule has 2 saturated heterocycles. The molecule has 1 aliphatic carbocycles. The van der Waals surface area contributed by atoms with Gasteiger partial charge in [0.25, 0.3) is 0 Å². The number of unbranched alkanes of at least 4 members (excludes halogenated alkanes) is 1. The van der Waals surface area contributed by atoms with Crippen molar-refractivity contribution < 1.29 is 33.6 Å². The number of rotatable bonds is 12. The fourth-order valence-electron chi connectivity index (χ4n) is 5.76. The van der Waals surface area contributed by atoms with E-state index >= 15 is 0 Å². The van der Waals surface area contributed by atoms with E-state index in [4.69, 9.17) is 28.8 Å². The van der Waals surface area contributed by atoms with E-state index in [2.05, 4.69) is 26.8 Å². The predicted molar refractivity (Wildman–Crippen MR) is 141 cm³/mol. The van der Waals surface area contributed by atoms with Gasteiger partial charge in [0.2, 0.25) is 0 Å². The summed E-state index contributed by atoms with van der Waals surface area (Å²) in [6.07, 6.45) is 8.84. The summed E-state index contributed by atoms with van der Waals surface area (Å²) >= 11 is 0. The lowest BCUT2D eigenvalue weighted by molar-refractivity contribution is -0.166. The van der Waals surface area contributed by atoms with Crippen LogP contribution in [0.1, 0.15) is 64.0 Å². The van der Waals surface area contributed by atoms with E-state index in [1.807, 2.05) is 25.1 Å². The quantitative estimate of drug-likeness (QED) is 0.141. The van der Waals surface area contributed by atoms with Gasteiger partial charge < -0.3 is 28.8 Å². The fourth-order valence-corrected chi connectivity index (χ4v) is 5.76. The largest absolute Gasteiger partial charge is 0.493 e. The number of allylic oxidation sites excluding steroid dienone is 1. The average molecular weight is 515 g/mol. The zero-order valence-corrected chi connectivity index (χ0v) is 22.8. The zero-order valence-electron chi connectivity index (χ0n) is 22.8. The highest BCUT2D eigenvalue weighted by molar-refractivity contribution is 5.87. The van der Waals surface area contributed by atoms with Crippen molar-refractivity contribution in [2.45, 2.75) is 89.3 Å². The van der Waals surface area contributed by atoms with Gasteiger partial charge >= 0.3 is 5.97 Å². The topological polar surface area (TPSA) is 90.1 Å². The Morgan fingerprint density at radius 2 is 2.05 bits per heavy atom. The normalized spacial score (nSPS) is 32.4. The molecule has 0 unspecified atom stereocenters. The first kappa shape index (κ1) is 27.8. The molecule has 7 nitrogen and oxygen atoms in total. The lowest BCUT2D eigenvalue weighted by Gasteiger charge is -2.42. The van der Waals surface area contributed by atoms with Crippen LogP contribution in [-0.4, -0.2) is 67.5 Å². The van der Waals surface area contributed by atoms with Crippen molar-refractivity contribution in [2.75, 3.05) is 26.9 Å². The van der Waals surface area contributed by atoms with E-state index in [0.717, 1.165) is 42.6 Å². The van der Waals surface area contributed by atoms with Crippen molar-refractivity contribution in [1.82, 2.24) is 0 Å². The number of epoxide rings is 2. The minimum atomic E-state index is -0.386. The molecular formula is C30H42O7. The molecule has 0 radical (unpaired) electrons. The zero-order chi connectivity index (χ0) is 26.6. The van der Waals surface area contributed by atoms with Gasteiger partial charge in [0.05, 0.1) is 25.2 Å². The highest BCUT2D eigenvalue weighted by atomic mass is 16.6. The molecule has 1 spiro atoms. The fraction of sp³-hybridized carbons (Fsp3) is 0.633. The van der Waals surface area contributed by atoms with Crippen LogP contribution in [-0.2, 0) is 23.7 Å². The lowest BCUT2D eigenvalue weighted by Crippen LogP contribution is -2.55. The summed E-state index contributed by atoms with van der Waals surface area (Å²) in [6.45, 7) is 9.75. The first-order chi connectivity index (χ1) is 17.7. The Morgan fingerprint density at radius 3 is 2.70 bits per heavy atom. The summed E-state index contributed by atoms with van der Waals surface area (Å²) in [5.41, 5.74) is 2.56. The smallest absolute Gasteiger partial charge is 0.331 e. The molecule has 1 N–H and O–H groups in total. The molecule has 0 bridgehead atoms. The van der Waals surface area contributed by atoms with Gasteiger partial charge in [-0.15, -0.1) is 0 Å². The van der Waals surface area contributed by atoms with Crippen LogP contribution >= 0.6 is 0 Å². The van der Waals surface area contributed by atoms with Crippen molar-refractivity contribution in [3.63, 3.8) is 0 Å². The van der Waals surface area contributed by atoms with Gasteiger partial charge in [-0.05, 0) is 89.1 Å². The lowest BCUT2D eigenvalue weighted by atomic mass is 9.68. The number of carbonyl (C=O) groups is 1. The van der Waals surface area contributed by atoms with E-state index in [1.54, 1.807) is 13.2 Å². The molecule has 4 rings (SSSR count). The third-order valence-electron chi connectivity index (χ3n) is 7.93. The van der Waals surface area contributed by atoms with Crippen molar-refractivity contribution in [2.24, 2.45) is 5.92 Å². The summed E-state index contributed by atoms with van der Waals surface area (Å²) in [5, 5.41) is 8.89. The minimum absolute atomic E-state index is 0.00339. The summed E-state index contributed by atoms with van der Waals surface area (Å²) < 4.78 is 29.9. The van der Waals surface area contributed by atoms with Gasteiger partial charge in [-0.1, -0.05) is 17.7 Å². The van der Waals surface area contributed by atoms with E-state index in [9.17, 15) is 4.79 Å². The number of carbonyl (C=O) groups excluding carboxylic acids is 1. The summed E-state index contributed by atoms with van der Waals surface area (Å²) in [4.78, 5) is 12.8.